The van der Waals surface area contributed by atoms with Crippen molar-refractivity contribution in [2.45, 2.75) is 25.3 Å². The predicted molar refractivity (Wildman–Crippen MR) is 77.4 cm³/mol. The molecule has 106 valence electrons. The average Bonchev–Trinajstić information content (AvgIpc) is 2.85. The van der Waals surface area contributed by atoms with Crippen LogP contribution < -0.4 is 10.6 Å². The van der Waals surface area contributed by atoms with Crippen molar-refractivity contribution in [3.05, 3.63) is 35.9 Å². The van der Waals surface area contributed by atoms with E-state index in [9.17, 15) is 9.59 Å². The van der Waals surface area contributed by atoms with Crippen LogP contribution in [0.1, 0.15) is 25.3 Å². The SMILES string of the molecule is CC1(C(=O)Nc2cccc(/C=C/C(=O)O)c2)CCCN1. The number of carboxylic acids is 1. The highest BCUT2D eigenvalue weighted by Crippen LogP contribution is 2.21. The minimum absolute atomic E-state index is 0.0608. The van der Waals surface area contributed by atoms with E-state index in [0.29, 0.717) is 5.69 Å². The van der Waals surface area contributed by atoms with E-state index < -0.39 is 11.5 Å². The van der Waals surface area contributed by atoms with Gasteiger partial charge in [0.05, 0.1) is 5.54 Å². The molecule has 0 spiro atoms. The molecular formula is C15H18N2O3. The lowest BCUT2D eigenvalue weighted by Crippen LogP contribution is -2.47. The van der Waals surface area contributed by atoms with E-state index in [4.69, 9.17) is 5.11 Å². The maximum atomic E-state index is 12.2. The van der Waals surface area contributed by atoms with Gasteiger partial charge in [-0.1, -0.05) is 12.1 Å². The van der Waals surface area contributed by atoms with Gasteiger partial charge in [-0.2, -0.15) is 0 Å². The fourth-order valence-corrected chi connectivity index (χ4v) is 2.25. The van der Waals surface area contributed by atoms with Crippen molar-refractivity contribution >= 4 is 23.6 Å². The Morgan fingerprint density at radius 1 is 1.45 bits per heavy atom. The maximum Gasteiger partial charge on any atom is 0.328 e. The average molecular weight is 274 g/mol. The number of nitrogens with one attached hydrogen (secondary N) is 2. The molecule has 0 radical (unpaired) electrons. The van der Waals surface area contributed by atoms with Crippen molar-refractivity contribution in [2.24, 2.45) is 0 Å². The van der Waals surface area contributed by atoms with Gasteiger partial charge in [0.2, 0.25) is 5.91 Å². The lowest BCUT2D eigenvalue weighted by atomic mass is 9.99. The first-order chi connectivity index (χ1) is 9.49. The Labute approximate surface area is 117 Å². The molecule has 1 aromatic rings. The summed E-state index contributed by atoms with van der Waals surface area (Å²) in [5.74, 6) is -1.06. The Kier molecular flexibility index (Phi) is 4.20. The topological polar surface area (TPSA) is 78.4 Å². The monoisotopic (exact) mass is 274 g/mol. The minimum Gasteiger partial charge on any atom is -0.478 e. The fourth-order valence-electron chi connectivity index (χ4n) is 2.25. The zero-order valence-corrected chi connectivity index (χ0v) is 11.3. The number of benzene rings is 1. The van der Waals surface area contributed by atoms with E-state index in [-0.39, 0.29) is 5.91 Å². The van der Waals surface area contributed by atoms with Crippen molar-refractivity contribution in [3.63, 3.8) is 0 Å². The van der Waals surface area contributed by atoms with Crippen molar-refractivity contribution in [2.75, 3.05) is 11.9 Å². The van der Waals surface area contributed by atoms with Crippen molar-refractivity contribution in [1.82, 2.24) is 5.32 Å². The normalized spacial score (nSPS) is 22.1. The summed E-state index contributed by atoms with van der Waals surface area (Å²) in [6.45, 7) is 2.74. The molecule has 1 saturated heterocycles. The Morgan fingerprint density at radius 3 is 2.90 bits per heavy atom. The van der Waals surface area contributed by atoms with Crippen molar-refractivity contribution < 1.29 is 14.7 Å². The zero-order valence-electron chi connectivity index (χ0n) is 11.3. The van der Waals surface area contributed by atoms with Crippen molar-refractivity contribution in [1.29, 1.82) is 0 Å². The molecule has 1 amide bonds. The van der Waals surface area contributed by atoms with Crippen LogP contribution in [0.5, 0.6) is 0 Å². The number of rotatable bonds is 4. The summed E-state index contributed by atoms with van der Waals surface area (Å²) in [5, 5.41) is 14.7. The van der Waals surface area contributed by atoms with E-state index in [0.717, 1.165) is 31.0 Å². The molecule has 5 nitrogen and oxygen atoms in total. The first-order valence-corrected chi connectivity index (χ1v) is 6.57. The van der Waals surface area contributed by atoms with E-state index in [1.165, 1.54) is 6.08 Å². The van der Waals surface area contributed by atoms with E-state index >= 15 is 0 Å². The maximum absolute atomic E-state index is 12.2. The third kappa shape index (κ3) is 3.45. The fraction of sp³-hybridized carbons (Fsp3) is 0.333. The molecule has 3 N–H and O–H groups in total. The molecule has 1 heterocycles. The number of aliphatic carboxylic acids is 1. The Balaban J connectivity index is 2.08. The molecule has 0 bridgehead atoms. The molecule has 1 aliphatic rings. The van der Waals surface area contributed by atoms with E-state index in [2.05, 4.69) is 10.6 Å². The summed E-state index contributed by atoms with van der Waals surface area (Å²) in [4.78, 5) is 22.7. The second kappa shape index (κ2) is 5.88. The molecule has 0 aliphatic carbocycles. The summed E-state index contributed by atoms with van der Waals surface area (Å²) in [5.41, 5.74) is 0.875. The highest BCUT2D eigenvalue weighted by atomic mass is 16.4. The molecule has 20 heavy (non-hydrogen) atoms. The number of carbonyl (C=O) groups excluding carboxylic acids is 1. The Bertz CT molecular complexity index is 546. The van der Waals surface area contributed by atoms with Crippen LogP contribution in [0.25, 0.3) is 6.08 Å². The second-order valence-electron chi connectivity index (χ2n) is 5.11. The van der Waals surface area contributed by atoms with Gasteiger partial charge >= 0.3 is 5.97 Å². The molecule has 0 aromatic heterocycles. The summed E-state index contributed by atoms with van der Waals surface area (Å²) < 4.78 is 0. The second-order valence-corrected chi connectivity index (χ2v) is 5.11. The molecule has 0 saturated carbocycles. The number of hydrogen-bond donors (Lipinski definition) is 3. The summed E-state index contributed by atoms with van der Waals surface area (Å²) in [6, 6.07) is 7.09. The number of anilines is 1. The van der Waals surface area contributed by atoms with Crippen LogP contribution in [-0.4, -0.2) is 29.1 Å². The molecule has 2 rings (SSSR count). The smallest absolute Gasteiger partial charge is 0.328 e. The number of carboxylic acid groups (broad SMARTS) is 1. The van der Waals surface area contributed by atoms with Gasteiger partial charge in [0, 0.05) is 11.8 Å². The minimum atomic E-state index is -0.998. The summed E-state index contributed by atoms with van der Waals surface area (Å²) >= 11 is 0. The van der Waals surface area contributed by atoms with Gasteiger partial charge in [-0.25, -0.2) is 4.79 Å². The quantitative estimate of drug-likeness (QED) is 0.732. The molecule has 1 aromatic carbocycles. The van der Waals surface area contributed by atoms with Gasteiger partial charge in [-0.3, -0.25) is 4.79 Å². The van der Waals surface area contributed by atoms with Crippen LogP contribution >= 0.6 is 0 Å². The van der Waals surface area contributed by atoms with E-state index in [1.807, 2.05) is 6.92 Å². The van der Waals surface area contributed by atoms with Gasteiger partial charge in [-0.05, 0) is 50.1 Å². The summed E-state index contributed by atoms with van der Waals surface area (Å²) in [7, 11) is 0. The molecule has 5 heteroatoms. The predicted octanol–water partition coefficient (Wildman–Crippen LogP) is 1.86. The Morgan fingerprint density at radius 2 is 2.25 bits per heavy atom. The van der Waals surface area contributed by atoms with Crippen molar-refractivity contribution in [3.8, 4) is 0 Å². The van der Waals surface area contributed by atoms with Gasteiger partial charge in [-0.15, -0.1) is 0 Å². The first kappa shape index (κ1) is 14.3. The molecule has 1 fully saturated rings. The third-order valence-corrected chi connectivity index (χ3v) is 3.43. The standard InChI is InChI=1S/C15H18N2O3/c1-15(8-3-9-16-15)14(20)17-12-5-2-4-11(10-12)6-7-13(18)19/h2,4-7,10,16H,3,8-9H2,1H3,(H,17,20)(H,18,19)/b7-6+. The zero-order chi connectivity index (χ0) is 14.6. The molecule has 1 aliphatic heterocycles. The molecule has 1 atom stereocenters. The van der Waals surface area contributed by atoms with E-state index in [1.54, 1.807) is 24.3 Å². The lowest BCUT2D eigenvalue weighted by Gasteiger charge is -2.23. The van der Waals surface area contributed by atoms with Crippen LogP contribution in [0.15, 0.2) is 30.3 Å². The highest BCUT2D eigenvalue weighted by molar-refractivity contribution is 5.98. The first-order valence-electron chi connectivity index (χ1n) is 6.57. The Hall–Kier alpha value is -2.14. The van der Waals surface area contributed by atoms with Crippen LogP contribution in [-0.2, 0) is 9.59 Å². The van der Waals surface area contributed by atoms with Gasteiger partial charge < -0.3 is 15.7 Å². The van der Waals surface area contributed by atoms with Crippen LogP contribution in [0.2, 0.25) is 0 Å². The van der Waals surface area contributed by atoms with Gasteiger partial charge in [0.1, 0.15) is 0 Å². The van der Waals surface area contributed by atoms with Crippen LogP contribution in [0.4, 0.5) is 5.69 Å². The van der Waals surface area contributed by atoms with Crippen LogP contribution in [0.3, 0.4) is 0 Å². The molecular weight excluding hydrogens is 256 g/mol. The van der Waals surface area contributed by atoms with Crippen LogP contribution in [0, 0.1) is 0 Å². The molecule has 1 unspecified atom stereocenters. The highest BCUT2D eigenvalue weighted by Gasteiger charge is 2.35. The summed E-state index contributed by atoms with van der Waals surface area (Å²) in [6.07, 6.45) is 4.37. The number of amides is 1. The third-order valence-electron chi connectivity index (χ3n) is 3.43. The van der Waals surface area contributed by atoms with Gasteiger partial charge in [0.15, 0.2) is 0 Å². The number of hydrogen-bond acceptors (Lipinski definition) is 3. The lowest BCUT2D eigenvalue weighted by molar-refractivity contribution is -0.131. The van der Waals surface area contributed by atoms with Gasteiger partial charge in [0.25, 0.3) is 0 Å². The largest absolute Gasteiger partial charge is 0.478 e. The number of carbonyl (C=O) groups is 2.